The molecule has 4 unspecified atom stereocenters. The maximum absolute atomic E-state index is 13.2. The molecule has 0 spiro atoms. The molecule has 0 radical (unpaired) electrons. The van der Waals surface area contributed by atoms with Crippen LogP contribution in [0.3, 0.4) is 0 Å². The molecule has 2 aliphatic carbocycles. The molecule has 2 N–H and O–H groups in total. The van der Waals surface area contributed by atoms with Crippen LogP contribution in [0.2, 0.25) is 0 Å². The van der Waals surface area contributed by atoms with E-state index in [0.29, 0.717) is 18.9 Å². The van der Waals surface area contributed by atoms with Crippen LogP contribution in [0.4, 0.5) is 4.39 Å². The molecule has 0 aromatic carbocycles. The van der Waals surface area contributed by atoms with Gasteiger partial charge >= 0.3 is 0 Å². The van der Waals surface area contributed by atoms with E-state index in [1.165, 1.54) is 0 Å². The molecule has 70 valence electrons. The van der Waals surface area contributed by atoms with Gasteiger partial charge in [0.05, 0.1) is 6.61 Å². The summed E-state index contributed by atoms with van der Waals surface area (Å²) in [6.45, 7) is 0.569. The van der Waals surface area contributed by atoms with E-state index >= 15 is 0 Å². The largest absolute Gasteiger partial charge is 0.384 e. The smallest absolute Gasteiger partial charge is 0.129 e. The number of halogens is 1. The number of fused-ring (bicyclic) bond motifs is 1. The van der Waals surface area contributed by atoms with Crippen molar-refractivity contribution in [3.05, 3.63) is 0 Å². The highest BCUT2D eigenvalue weighted by molar-refractivity contribution is 5.15. The lowest BCUT2D eigenvalue weighted by atomic mass is 10.0. The molecular weight excluding hydrogens is 161 g/mol. The molecule has 0 amide bonds. The fourth-order valence-electron chi connectivity index (χ4n) is 2.57. The first-order valence-electron chi connectivity index (χ1n) is 4.23. The summed E-state index contributed by atoms with van der Waals surface area (Å²) < 4.78 is 18.2. The standard InChI is InChI=1S/C8H14FNO2/c1-11-4-8-3-5(8)2-6(9)7(8)12-10/h5-7H,2-4,10H2,1H3. The Bertz CT molecular complexity index is 190. The summed E-state index contributed by atoms with van der Waals surface area (Å²) in [6, 6.07) is 0. The Morgan fingerprint density at radius 2 is 2.42 bits per heavy atom. The number of ether oxygens (including phenoxy) is 1. The van der Waals surface area contributed by atoms with Gasteiger partial charge in [0, 0.05) is 12.5 Å². The first kappa shape index (κ1) is 8.41. The van der Waals surface area contributed by atoms with Gasteiger partial charge in [-0.1, -0.05) is 0 Å². The minimum absolute atomic E-state index is 0.0943. The van der Waals surface area contributed by atoms with Crippen molar-refractivity contribution in [2.75, 3.05) is 13.7 Å². The molecule has 0 saturated heterocycles. The Hall–Kier alpha value is -0.190. The summed E-state index contributed by atoms with van der Waals surface area (Å²) >= 11 is 0. The van der Waals surface area contributed by atoms with Crippen molar-refractivity contribution in [3.8, 4) is 0 Å². The van der Waals surface area contributed by atoms with Gasteiger partial charge in [0.25, 0.3) is 0 Å². The van der Waals surface area contributed by atoms with Crippen LogP contribution in [-0.2, 0) is 9.57 Å². The van der Waals surface area contributed by atoms with E-state index in [-0.39, 0.29) is 5.41 Å². The molecule has 0 aromatic rings. The lowest BCUT2D eigenvalue weighted by molar-refractivity contribution is -0.0522. The lowest BCUT2D eigenvalue weighted by Crippen LogP contribution is -2.35. The molecule has 0 bridgehead atoms. The van der Waals surface area contributed by atoms with Crippen LogP contribution in [0, 0.1) is 11.3 Å². The van der Waals surface area contributed by atoms with E-state index in [9.17, 15) is 4.39 Å². The summed E-state index contributed by atoms with van der Waals surface area (Å²) in [5.74, 6) is 5.49. The van der Waals surface area contributed by atoms with Crippen LogP contribution in [-0.4, -0.2) is 26.0 Å². The van der Waals surface area contributed by atoms with Crippen LogP contribution in [0.5, 0.6) is 0 Å². The zero-order valence-corrected chi connectivity index (χ0v) is 7.13. The van der Waals surface area contributed by atoms with Crippen molar-refractivity contribution in [2.24, 2.45) is 17.2 Å². The maximum atomic E-state index is 13.2. The Balaban J connectivity index is 2.07. The topological polar surface area (TPSA) is 44.5 Å². The zero-order chi connectivity index (χ0) is 8.77. The van der Waals surface area contributed by atoms with Gasteiger partial charge in [0.1, 0.15) is 12.3 Å². The predicted molar refractivity (Wildman–Crippen MR) is 41.0 cm³/mol. The van der Waals surface area contributed by atoms with Crippen molar-refractivity contribution in [2.45, 2.75) is 25.1 Å². The molecular formula is C8H14FNO2. The average Bonchev–Trinajstić information content (AvgIpc) is 2.59. The fraction of sp³-hybridized carbons (Fsp3) is 1.00. The van der Waals surface area contributed by atoms with Crippen LogP contribution in [0.1, 0.15) is 12.8 Å². The monoisotopic (exact) mass is 175 g/mol. The Labute approximate surface area is 71.0 Å². The van der Waals surface area contributed by atoms with Crippen LogP contribution in [0.25, 0.3) is 0 Å². The van der Waals surface area contributed by atoms with Crippen molar-refractivity contribution in [1.29, 1.82) is 0 Å². The van der Waals surface area contributed by atoms with Gasteiger partial charge in [0.2, 0.25) is 0 Å². The SMILES string of the molecule is COCC12CC1CC(F)C2ON. The second-order valence-electron chi connectivity index (χ2n) is 3.88. The number of methoxy groups -OCH3 is 1. The van der Waals surface area contributed by atoms with Crippen LogP contribution >= 0.6 is 0 Å². The van der Waals surface area contributed by atoms with E-state index < -0.39 is 12.3 Å². The fourth-order valence-corrected chi connectivity index (χ4v) is 2.57. The van der Waals surface area contributed by atoms with Crippen molar-refractivity contribution in [1.82, 2.24) is 0 Å². The van der Waals surface area contributed by atoms with E-state index in [2.05, 4.69) is 4.84 Å². The molecule has 0 aliphatic heterocycles. The van der Waals surface area contributed by atoms with Gasteiger partial charge in [-0.3, -0.25) is 4.84 Å². The Kier molecular flexibility index (Phi) is 1.86. The summed E-state index contributed by atoms with van der Waals surface area (Å²) in [6.07, 6.45) is 0.250. The highest BCUT2D eigenvalue weighted by Gasteiger charge is 2.67. The molecule has 2 fully saturated rings. The van der Waals surface area contributed by atoms with E-state index in [1.54, 1.807) is 7.11 Å². The summed E-state index contributed by atoms with van der Waals surface area (Å²) in [4.78, 5) is 4.68. The molecule has 2 rings (SSSR count). The summed E-state index contributed by atoms with van der Waals surface area (Å²) in [5, 5.41) is 0. The minimum atomic E-state index is -0.899. The lowest BCUT2D eigenvalue weighted by Gasteiger charge is -2.21. The average molecular weight is 175 g/mol. The quantitative estimate of drug-likeness (QED) is 0.640. The Morgan fingerprint density at radius 1 is 1.67 bits per heavy atom. The number of rotatable bonds is 3. The van der Waals surface area contributed by atoms with Gasteiger partial charge in [-0.05, 0) is 18.8 Å². The number of hydrogen-bond donors (Lipinski definition) is 1. The highest BCUT2D eigenvalue weighted by atomic mass is 19.1. The molecule has 4 atom stereocenters. The number of hydrogen-bond acceptors (Lipinski definition) is 3. The summed E-state index contributed by atoms with van der Waals surface area (Å²) in [5.41, 5.74) is -0.0943. The molecule has 2 saturated carbocycles. The molecule has 12 heavy (non-hydrogen) atoms. The van der Waals surface area contributed by atoms with E-state index in [4.69, 9.17) is 10.6 Å². The zero-order valence-electron chi connectivity index (χ0n) is 7.13. The maximum Gasteiger partial charge on any atom is 0.129 e. The highest BCUT2D eigenvalue weighted by Crippen LogP contribution is 2.64. The first-order valence-corrected chi connectivity index (χ1v) is 4.23. The third-order valence-electron chi connectivity index (χ3n) is 3.24. The molecule has 3 nitrogen and oxygen atoms in total. The van der Waals surface area contributed by atoms with Crippen molar-refractivity contribution >= 4 is 0 Å². The second-order valence-corrected chi connectivity index (χ2v) is 3.88. The van der Waals surface area contributed by atoms with Gasteiger partial charge < -0.3 is 4.74 Å². The molecule has 0 aromatic heterocycles. The van der Waals surface area contributed by atoms with Crippen LogP contribution in [0.15, 0.2) is 0 Å². The minimum Gasteiger partial charge on any atom is -0.384 e. The van der Waals surface area contributed by atoms with Gasteiger partial charge in [-0.25, -0.2) is 10.3 Å². The Morgan fingerprint density at radius 3 is 3.00 bits per heavy atom. The van der Waals surface area contributed by atoms with Crippen molar-refractivity contribution in [3.63, 3.8) is 0 Å². The molecule has 2 aliphatic rings. The third-order valence-corrected chi connectivity index (χ3v) is 3.24. The van der Waals surface area contributed by atoms with E-state index in [0.717, 1.165) is 6.42 Å². The van der Waals surface area contributed by atoms with Gasteiger partial charge in [-0.2, -0.15) is 0 Å². The summed E-state index contributed by atoms with van der Waals surface area (Å²) in [7, 11) is 1.63. The van der Waals surface area contributed by atoms with Gasteiger partial charge in [-0.15, -0.1) is 0 Å². The number of nitrogens with two attached hydrogens (primary N) is 1. The van der Waals surface area contributed by atoms with Gasteiger partial charge in [0.15, 0.2) is 0 Å². The van der Waals surface area contributed by atoms with E-state index in [1.807, 2.05) is 0 Å². The number of alkyl halides is 1. The predicted octanol–water partition coefficient (Wildman–Crippen LogP) is 0.640. The first-order chi connectivity index (χ1) is 5.74. The molecule has 4 heteroatoms. The molecule has 0 heterocycles. The van der Waals surface area contributed by atoms with Crippen molar-refractivity contribution < 1.29 is 14.0 Å². The normalized spacial score (nSPS) is 50.8. The second kappa shape index (κ2) is 2.65. The third kappa shape index (κ3) is 0.917. The van der Waals surface area contributed by atoms with Crippen LogP contribution < -0.4 is 5.90 Å².